The Balaban J connectivity index is 1.37. The molecule has 0 spiro atoms. The number of halogens is 2. The van der Waals surface area contributed by atoms with Gasteiger partial charge in [0.15, 0.2) is 0 Å². The number of hydrogen-bond acceptors (Lipinski definition) is 5. The molecule has 1 unspecified atom stereocenters. The molecule has 146 valence electrons. The van der Waals surface area contributed by atoms with Gasteiger partial charge < -0.3 is 9.42 Å². The molecule has 1 aliphatic heterocycles. The normalized spacial score (nSPS) is 17.1. The third-order valence-electron chi connectivity index (χ3n) is 4.94. The van der Waals surface area contributed by atoms with Crippen LogP contribution in [-0.4, -0.2) is 34.0 Å². The minimum absolute atomic E-state index is 0.0678. The fraction of sp³-hybridized carbons (Fsp3) is 0.350. The smallest absolute Gasteiger partial charge is 0.227 e. The Hall–Kier alpha value is -2.61. The highest BCUT2D eigenvalue weighted by molar-refractivity contribution is 7.08. The molecule has 0 radical (unpaired) electrons. The second-order valence-corrected chi connectivity index (χ2v) is 7.77. The minimum Gasteiger partial charge on any atom is -0.342 e. The lowest BCUT2D eigenvalue weighted by molar-refractivity contribution is -0.132. The Bertz CT molecular complexity index is 958. The van der Waals surface area contributed by atoms with E-state index >= 15 is 0 Å². The summed E-state index contributed by atoms with van der Waals surface area (Å²) in [5.74, 6) is -0.134. The summed E-state index contributed by atoms with van der Waals surface area (Å²) in [4.78, 5) is 18.8. The molecule has 1 aromatic carbocycles. The topological polar surface area (TPSA) is 59.2 Å². The van der Waals surface area contributed by atoms with E-state index in [9.17, 15) is 13.6 Å². The first-order chi connectivity index (χ1) is 13.6. The van der Waals surface area contributed by atoms with Crippen molar-refractivity contribution in [1.82, 2.24) is 15.0 Å². The van der Waals surface area contributed by atoms with Crippen molar-refractivity contribution in [1.29, 1.82) is 0 Å². The quantitative estimate of drug-likeness (QED) is 0.644. The number of carbonyl (C=O) groups excluding carboxylic acids is 1. The van der Waals surface area contributed by atoms with E-state index < -0.39 is 11.6 Å². The van der Waals surface area contributed by atoms with Crippen molar-refractivity contribution in [2.24, 2.45) is 5.92 Å². The van der Waals surface area contributed by atoms with E-state index in [1.165, 1.54) is 12.1 Å². The van der Waals surface area contributed by atoms with Crippen LogP contribution in [0.1, 0.15) is 24.3 Å². The second-order valence-electron chi connectivity index (χ2n) is 6.99. The fourth-order valence-corrected chi connectivity index (χ4v) is 4.13. The van der Waals surface area contributed by atoms with Crippen LogP contribution in [0.5, 0.6) is 0 Å². The molecule has 8 heteroatoms. The minimum atomic E-state index is -0.686. The van der Waals surface area contributed by atoms with Crippen molar-refractivity contribution in [3.63, 3.8) is 0 Å². The van der Waals surface area contributed by atoms with Gasteiger partial charge in [-0.2, -0.15) is 16.3 Å². The number of amides is 1. The molecule has 1 aliphatic rings. The van der Waals surface area contributed by atoms with E-state index in [4.69, 9.17) is 4.52 Å². The number of benzene rings is 1. The Morgan fingerprint density at radius 3 is 3.00 bits per heavy atom. The standard InChI is InChI=1S/C20H19F2N3O2S/c21-16-4-3-14(17(22)10-16)9-19(26)25-6-1-2-13(11-25)8-18-23-20(24-27-18)15-5-7-28-12-15/h3-5,7,10,12-13H,1-2,6,8-9,11H2. The number of thiophene rings is 1. The summed E-state index contributed by atoms with van der Waals surface area (Å²) in [5, 5.41) is 7.94. The summed E-state index contributed by atoms with van der Waals surface area (Å²) >= 11 is 1.57. The molecule has 3 aromatic rings. The Morgan fingerprint density at radius 2 is 2.21 bits per heavy atom. The van der Waals surface area contributed by atoms with Crippen LogP contribution >= 0.6 is 11.3 Å². The summed E-state index contributed by atoms with van der Waals surface area (Å²) in [7, 11) is 0. The fourth-order valence-electron chi connectivity index (χ4n) is 3.49. The van der Waals surface area contributed by atoms with E-state index in [1.807, 2.05) is 16.8 Å². The molecule has 0 N–H and O–H groups in total. The van der Waals surface area contributed by atoms with Gasteiger partial charge in [-0.05, 0) is 41.8 Å². The van der Waals surface area contributed by atoms with Gasteiger partial charge in [-0.15, -0.1) is 0 Å². The maximum atomic E-state index is 13.8. The number of rotatable bonds is 5. The van der Waals surface area contributed by atoms with Crippen molar-refractivity contribution < 1.29 is 18.1 Å². The Labute approximate surface area is 165 Å². The Kier molecular flexibility index (Phi) is 5.47. The van der Waals surface area contributed by atoms with E-state index in [2.05, 4.69) is 10.1 Å². The average Bonchev–Trinajstić information content (AvgIpc) is 3.36. The van der Waals surface area contributed by atoms with Crippen LogP contribution < -0.4 is 0 Å². The molecule has 3 heterocycles. The monoisotopic (exact) mass is 403 g/mol. The van der Waals surface area contributed by atoms with Crippen LogP contribution in [0.4, 0.5) is 8.78 Å². The largest absolute Gasteiger partial charge is 0.342 e. The van der Waals surface area contributed by atoms with Gasteiger partial charge in [-0.3, -0.25) is 4.79 Å². The summed E-state index contributed by atoms with van der Waals surface area (Å²) in [5.41, 5.74) is 1.15. The van der Waals surface area contributed by atoms with Gasteiger partial charge in [0.05, 0.1) is 6.42 Å². The van der Waals surface area contributed by atoms with E-state index in [0.29, 0.717) is 31.2 Å². The average molecular weight is 403 g/mol. The summed E-state index contributed by atoms with van der Waals surface area (Å²) in [6.45, 7) is 1.21. The molecule has 1 atom stereocenters. The number of hydrogen-bond donors (Lipinski definition) is 0. The number of carbonyl (C=O) groups is 1. The molecule has 0 saturated carbocycles. The summed E-state index contributed by atoms with van der Waals surface area (Å²) < 4.78 is 32.2. The SMILES string of the molecule is O=C(Cc1ccc(F)cc1F)N1CCCC(Cc2nc(-c3ccsc3)no2)C1. The van der Waals surface area contributed by atoms with Gasteiger partial charge in [-0.1, -0.05) is 11.2 Å². The van der Waals surface area contributed by atoms with Crippen LogP contribution in [-0.2, 0) is 17.6 Å². The van der Waals surface area contributed by atoms with Gasteiger partial charge in [0.25, 0.3) is 0 Å². The molecule has 0 aliphatic carbocycles. The van der Waals surface area contributed by atoms with Gasteiger partial charge in [0, 0.05) is 36.5 Å². The number of likely N-dealkylation sites (tertiary alicyclic amines) is 1. The molecular formula is C20H19F2N3O2S. The first kappa shape index (κ1) is 18.7. The lowest BCUT2D eigenvalue weighted by atomic mass is 9.94. The molecule has 28 heavy (non-hydrogen) atoms. The molecular weight excluding hydrogens is 384 g/mol. The zero-order chi connectivity index (χ0) is 19.5. The highest BCUT2D eigenvalue weighted by Gasteiger charge is 2.26. The molecule has 1 saturated heterocycles. The Morgan fingerprint density at radius 1 is 1.32 bits per heavy atom. The zero-order valence-corrected chi connectivity index (χ0v) is 15.9. The van der Waals surface area contributed by atoms with E-state index in [-0.39, 0.29) is 23.8 Å². The van der Waals surface area contributed by atoms with E-state index in [1.54, 1.807) is 16.2 Å². The lowest BCUT2D eigenvalue weighted by Gasteiger charge is -2.32. The molecule has 5 nitrogen and oxygen atoms in total. The molecule has 0 bridgehead atoms. The molecule has 1 amide bonds. The van der Waals surface area contributed by atoms with Crippen molar-refractivity contribution >= 4 is 17.2 Å². The van der Waals surface area contributed by atoms with Crippen molar-refractivity contribution in [2.45, 2.75) is 25.7 Å². The number of piperidine rings is 1. The number of nitrogens with zero attached hydrogens (tertiary/aromatic N) is 3. The van der Waals surface area contributed by atoms with Gasteiger partial charge in [0.2, 0.25) is 17.6 Å². The number of aromatic nitrogens is 2. The molecule has 4 rings (SSSR count). The summed E-state index contributed by atoms with van der Waals surface area (Å²) in [6.07, 6.45) is 2.37. The summed E-state index contributed by atoms with van der Waals surface area (Å²) in [6, 6.07) is 5.25. The van der Waals surface area contributed by atoms with Crippen LogP contribution in [0.3, 0.4) is 0 Å². The molecule has 2 aromatic heterocycles. The van der Waals surface area contributed by atoms with Crippen LogP contribution in [0, 0.1) is 17.6 Å². The van der Waals surface area contributed by atoms with Gasteiger partial charge in [-0.25, -0.2) is 8.78 Å². The van der Waals surface area contributed by atoms with Crippen LogP contribution in [0.15, 0.2) is 39.5 Å². The predicted molar refractivity (Wildman–Crippen MR) is 101 cm³/mol. The van der Waals surface area contributed by atoms with Crippen molar-refractivity contribution in [3.8, 4) is 11.4 Å². The van der Waals surface area contributed by atoms with Crippen LogP contribution in [0.2, 0.25) is 0 Å². The second kappa shape index (κ2) is 8.18. The van der Waals surface area contributed by atoms with Crippen molar-refractivity contribution in [2.75, 3.05) is 13.1 Å². The maximum absolute atomic E-state index is 13.8. The molecule has 1 fully saturated rings. The van der Waals surface area contributed by atoms with Crippen LogP contribution in [0.25, 0.3) is 11.4 Å². The third-order valence-corrected chi connectivity index (χ3v) is 5.62. The first-order valence-electron chi connectivity index (χ1n) is 9.15. The highest BCUT2D eigenvalue weighted by Crippen LogP contribution is 2.24. The maximum Gasteiger partial charge on any atom is 0.227 e. The van der Waals surface area contributed by atoms with Gasteiger partial charge in [0.1, 0.15) is 11.6 Å². The zero-order valence-electron chi connectivity index (χ0n) is 15.1. The lowest BCUT2D eigenvalue weighted by Crippen LogP contribution is -2.41. The van der Waals surface area contributed by atoms with Gasteiger partial charge >= 0.3 is 0 Å². The van der Waals surface area contributed by atoms with E-state index in [0.717, 1.165) is 24.5 Å². The predicted octanol–water partition coefficient (Wildman–Crippen LogP) is 4.10. The highest BCUT2D eigenvalue weighted by atomic mass is 32.1. The van der Waals surface area contributed by atoms with Crippen molar-refractivity contribution in [3.05, 3.63) is 58.1 Å². The first-order valence-corrected chi connectivity index (χ1v) is 10.1. The third kappa shape index (κ3) is 4.27.